The highest BCUT2D eigenvalue weighted by molar-refractivity contribution is 7.73. The molecular weight excluding hydrogens is 437 g/mol. The highest BCUT2D eigenvalue weighted by Crippen LogP contribution is 2.46. The summed E-state index contributed by atoms with van der Waals surface area (Å²) < 4.78 is 35.3. The molecule has 0 amide bonds. The molecular formula is C16H12Cl3N3O4S. The molecule has 2 aromatic heterocycles. The van der Waals surface area contributed by atoms with Gasteiger partial charge < -0.3 is 9.47 Å². The Hall–Kier alpha value is -2.00. The Morgan fingerprint density at radius 3 is 2.19 bits per heavy atom. The first kappa shape index (κ1) is 19.8. The zero-order valence-electron chi connectivity index (χ0n) is 13.9. The second-order valence-electron chi connectivity index (χ2n) is 5.24. The minimum atomic E-state index is -2.97. The van der Waals surface area contributed by atoms with Crippen molar-refractivity contribution in [2.75, 3.05) is 18.9 Å². The lowest BCUT2D eigenvalue weighted by Gasteiger charge is -2.15. The van der Waals surface area contributed by atoms with Crippen LogP contribution in [0.4, 0.5) is 5.82 Å². The molecule has 0 unspecified atom stereocenters. The van der Waals surface area contributed by atoms with E-state index in [0.717, 1.165) is 0 Å². The first-order chi connectivity index (χ1) is 12.8. The van der Waals surface area contributed by atoms with E-state index in [4.69, 9.17) is 44.3 Å². The van der Waals surface area contributed by atoms with E-state index in [1.54, 1.807) is 12.1 Å². The molecule has 0 fully saturated rings. The topological polar surface area (TPSA) is 90.4 Å². The van der Waals surface area contributed by atoms with Crippen LogP contribution in [0.3, 0.4) is 0 Å². The molecule has 11 heteroatoms. The number of thiol groups is 1. The van der Waals surface area contributed by atoms with Gasteiger partial charge in [0, 0.05) is 28.6 Å². The van der Waals surface area contributed by atoms with Gasteiger partial charge in [-0.1, -0.05) is 34.8 Å². The van der Waals surface area contributed by atoms with Crippen molar-refractivity contribution in [1.82, 2.24) is 9.97 Å². The van der Waals surface area contributed by atoms with Gasteiger partial charge >= 0.3 is 0 Å². The summed E-state index contributed by atoms with van der Waals surface area (Å²) in [5.41, 5.74) is 0.633. The Morgan fingerprint density at radius 2 is 1.63 bits per heavy atom. The van der Waals surface area contributed by atoms with Crippen LogP contribution in [0.1, 0.15) is 0 Å². The fourth-order valence-electron chi connectivity index (χ4n) is 2.53. The smallest absolute Gasteiger partial charge is 0.223 e. The van der Waals surface area contributed by atoms with Crippen LogP contribution >= 0.6 is 34.8 Å². The van der Waals surface area contributed by atoms with Crippen LogP contribution in [0.25, 0.3) is 22.0 Å². The van der Waals surface area contributed by atoms with Crippen molar-refractivity contribution in [1.29, 1.82) is 0 Å². The zero-order chi connectivity index (χ0) is 19.7. The van der Waals surface area contributed by atoms with Crippen LogP contribution < -0.4 is 14.2 Å². The summed E-state index contributed by atoms with van der Waals surface area (Å²) in [5.74, 6) is 0.721. The van der Waals surface area contributed by atoms with Crippen molar-refractivity contribution < 1.29 is 17.9 Å². The molecule has 0 spiro atoms. The number of rotatable bonds is 5. The van der Waals surface area contributed by atoms with E-state index in [-0.39, 0.29) is 21.0 Å². The minimum absolute atomic E-state index is 0.0665. The highest BCUT2D eigenvalue weighted by atomic mass is 35.5. The van der Waals surface area contributed by atoms with Gasteiger partial charge in [0.15, 0.2) is 0 Å². The van der Waals surface area contributed by atoms with E-state index < -0.39 is 10.9 Å². The second kappa shape index (κ2) is 7.93. The third kappa shape index (κ3) is 3.84. The lowest BCUT2D eigenvalue weighted by atomic mass is 10.1. The van der Waals surface area contributed by atoms with E-state index in [1.807, 2.05) is 0 Å². The molecule has 0 aliphatic carbocycles. The number of pyridine rings is 2. The molecule has 1 aromatic carbocycles. The number of halogens is 3. The Labute approximate surface area is 171 Å². The lowest BCUT2D eigenvalue weighted by molar-refractivity contribution is 0.395. The molecule has 0 bridgehead atoms. The predicted octanol–water partition coefficient (Wildman–Crippen LogP) is 4.21. The zero-order valence-corrected chi connectivity index (χ0v) is 17.1. The first-order valence-corrected chi connectivity index (χ1v) is 9.64. The molecule has 0 aliphatic rings. The number of ether oxygens (including phenoxy) is 2. The molecule has 1 N–H and O–H groups in total. The predicted molar refractivity (Wildman–Crippen MR) is 107 cm³/mol. The van der Waals surface area contributed by atoms with E-state index in [1.165, 1.54) is 26.5 Å². The van der Waals surface area contributed by atoms with Crippen LogP contribution in [0.5, 0.6) is 11.5 Å². The summed E-state index contributed by atoms with van der Waals surface area (Å²) in [6.45, 7) is 0. The Bertz CT molecular complexity index is 1090. The molecule has 27 heavy (non-hydrogen) atoms. The molecule has 0 saturated carbocycles. The molecule has 0 radical (unpaired) electrons. The quantitative estimate of drug-likeness (QED) is 0.449. The average Bonchev–Trinajstić information content (AvgIpc) is 2.62. The summed E-state index contributed by atoms with van der Waals surface area (Å²) in [7, 11) is -0.0631. The maximum atomic E-state index is 11.2. The molecule has 142 valence electrons. The third-order valence-electron chi connectivity index (χ3n) is 3.71. The second-order valence-corrected chi connectivity index (χ2v) is 7.12. The minimum Gasteiger partial charge on any atom is -0.495 e. The Morgan fingerprint density at radius 1 is 1.00 bits per heavy atom. The lowest BCUT2D eigenvalue weighted by Crippen LogP contribution is -2.01. The molecule has 3 rings (SSSR count). The molecule has 0 aliphatic heterocycles. The number of hydrogen-bond acceptors (Lipinski definition) is 6. The number of fused-ring (bicyclic) bond motifs is 1. The molecule has 0 saturated heterocycles. The van der Waals surface area contributed by atoms with Crippen LogP contribution in [-0.4, -0.2) is 32.6 Å². The fraction of sp³-hybridized carbons (Fsp3) is 0.125. The van der Waals surface area contributed by atoms with Crippen molar-refractivity contribution in [3.63, 3.8) is 0 Å². The van der Waals surface area contributed by atoms with Crippen molar-refractivity contribution in [2.24, 2.45) is 0 Å². The number of hydrogen-bond donors (Lipinski definition) is 2. The summed E-state index contributed by atoms with van der Waals surface area (Å²) in [5, 5.41) is 1.65. The highest BCUT2D eigenvalue weighted by Gasteiger charge is 2.21. The third-order valence-corrected chi connectivity index (χ3v) is 5.06. The summed E-state index contributed by atoms with van der Waals surface area (Å²) in [6, 6.07) is 4.71. The number of nitrogens with zero attached hydrogens (tertiary/aromatic N) is 2. The average molecular weight is 449 g/mol. The number of anilines is 1. The number of nitrogens with one attached hydrogen (secondary N) is 1. The van der Waals surface area contributed by atoms with Gasteiger partial charge in [-0.25, -0.2) is 18.4 Å². The summed E-state index contributed by atoms with van der Waals surface area (Å²) >= 11 is 18.8. The summed E-state index contributed by atoms with van der Waals surface area (Å²) in [6.07, 6.45) is 1.49. The SMILES string of the molecule is COc1cc(OC)c(Cl)c(-c2cc3cnc(Cl)cc3c(N[SH](=O)=O)n2)c1Cl. The van der Waals surface area contributed by atoms with Gasteiger partial charge in [0.25, 0.3) is 0 Å². The Kier molecular flexibility index (Phi) is 5.81. The first-order valence-electron chi connectivity index (χ1n) is 7.33. The van der Waals surface area contributed by atoms with Gasteiger partial charge in [0.05, 0.1) is 30.0 Å². The van der Waals surface area contributed by atoms with E-state index in [0.29, 0.717) is 33.5 Å². The molecule has 2 heterocycles. The molecule has 0 atom stereocenters. The van der Waals surface area contributed by atoms with Gasteiger partial charge in [-0.3, -0.25) is 4.72 Å². The van der Waals surface area contributed by atoms with E-state index in [2.05, 4.69) is 14.7 Å². The van der Waals surface area contributed by atoms with Gasteiger partial charge in [-0.05, 0) is 12.1 Å². The van der Waals surface area contributed by atoms with Crippen molar-refractivity contribution in [3.05, 3.63) is 39.6 Å². The molecule has 7 nitrogen and oxygen atoms in total. The maximum absolute atomic E-state index is 11.2. The van der Waals surface area contributed by atoms with Crippen molar-refractivity contribution in [2.45, 2.75) is 0 Å². The van der Waals surface area contributed by atoms with Crippen LogP contribution in [0, 0.1) is 0 Å². The monoisotopic (exact) mass is 447 g/mol. The van der Waals surface area contributed by atoms with Gasteiger partial charge in [0.2, 0.25) is 10.9 Å². The van der Waals surface area contributed by atoms with Crippen LogP contribution in [-0.2, 0) is 10.9 Å². The van der Waals surface area contributed by atoms with Gasteiger partial charge in [-0.15, -0.1) is 0 Å². The molecule has 3 aromatic rings. The number of aromatic nitrogens is 2. The van der Waals surface area contributed by atoms with Gasteiger partial charge in [-0.2, -0.15) is 0 Å². The normalized spacial score (nSPS) is 11.0. The van der Waals surface area contributed by atoms with Gasteiger partial charge in [0.1, 0.15) is 22.5 Å². The largest absolute Gasteiger partial charge is 0.495 e. The maximum Gasteiger partial charge on any atom is 0.223 e. The summed E-state index contributed by atoms with van der Waals surface area (Å²) in [4.78, 5) is 8.38. The van der Waals surface area contributed by atoms with Crippen molar-refractivity contribution >= 4 is 62.3 Å². The number of benzene rings is 1. The Balaban J connectivity index is 2.37. The van der Waals surface area contributed by atoms with E-state index >= 15 is 0 Å². The fourth-order valence-corrected chi connectivity index (χ4v) is 3.73. The van der Waals surface area contributed by atoms with E-state index in [9.17, 15) is 8.42 Å². The standard InChI is InChI=1S/C16H12Cl3N3O4S/c1-25-10-5-11(26-2)15(19)13(14(10)18)9-3-7-6-20-12(17)4-8(7)16(21-9)22-27(23)24/h3-6,27H,1-2H3,(H,21,22,23,24). The van der Waals surface area contributed by atoms with Crippen LogP contribution in [0.2, 0.25) is 15.2 Å². The van der Waals surface area contributed by atoms with Crippen LogP contribution in [0.15, 0.2) is 24.4 Å². The van der Waals surface area contributed by atoms with Crippen molar-refractivity contribution in [3.8, 4) is 22.8 Å². The number of methoxy groups -OCH3 is 2.